The number of nitrogens with zero attached hydrogens (tertiary/aromatic N) is 4. The Morgan fingerprint density at radius 3 is 2.47 bits per heavy atom. The van der Waals surface area contributed by atoms with Crippen LogP contribution in [0.3, 0.4) is 0 Å². The van der Waals surface area contributed by atoms with Crippen molar-refractivity contribution in [3.05, 3.63) is 89.5 Å². The zero-order valence-corrected chi connectivity index (χ0v) is 19.3. The molecular weight excluding hydrogens is 479 g/mol. The van der Waals surface area contributed by atoms with Crippen molar-refractivity contribution >= 4 is 35.2 Å². The molecule has 2 aromatic carbocycles. The van der Waals surface area contributed by atoms with Gasteiger partial charge >= 0.3 is 0 Å². The van der Waals surface area contributed by atoms with Gasteiger partial charge in [0.05, 0.1) is 5.25 Å². The second-order valence-electron chi connectivity index (χ2n) is 7.07. The summed E-state index contributed by atoms with van der Waals surface area (Å²) in [5.41, 5.74) is 6.48. The van der Waals surface area contributed by atoms with Gasteiger partial charge in [-0.3, -0.25) is 30.0 Å². The van der Waals surface area contributed by atoms with Crippen LogP contribution in [0.5, 0.6) is 0 Å². The van der Waals surface area contributed by atoms with E-state index in [2.05, 4.69) is 26.0 Å². The third kappa shape index (κ3) is 5.41. The Morgan fingerprint density at radius 1 is 1.03 bits per heavy atom. The largest absolute Gasteiger partial charge is 0.272 e. The first-order chi connectivity index (χ1) is 16.4. The normalized spacial score (nSPS) is 11.6. The third-order valence-electron chi connectivity index (χ3n) is 4.69. The maximum atomic E-state index is 13.5. The maximum Gasteiger partial charge on any atom is 0.269 e. The second kappa shape index (κ2) is 10.4. The van der Waals surface area contributed by atoms with Crippen LogP contribution in [0.2, 0.25) is 5.02 Å². The highest BCUT2D eigenvalue weighted by Gasteiger charge is 2.22. The fourth-order valence-corrected chi connectivity index (χ4v) is 4.05. The molecule has 2 heterocycles. The van der Waals surface area contributed by atoms with Crippen molar-refractivity contribution < 1.29 is 14.0 Å². The number of hydrogen-bond donors (Lipinski definition) is 2. The number of hydrogen-bond acceptors (Lipinski definition) is 6. The first kappa shape index (κ1) is 23.4. The van der Waals surface area contributed by atoms with E-state index in [9.17, 15) is 14.0 Å². The molecule has 0 spiro atoms. The average Bonchev–Trinajstić information content (AvgIpc) is 3.26. The fourth-order valence-electron chi connectivity index (χ4n) is 2.99. The van der Waals surface area contributed by atoms with Crippen molar-refractivity contribution in [2.24, 2.45) is 0 Å². The number of carbonyl (C=O) groups is 2. The molecule has 2 amide bonds. The summed E-state index contributed by atoms with van der Waals surface area (Å²) in [7, 11) is 0. The van der Waals surface area contributed by atoms with E-state index in [0.717, 1.165) is 17.3 Å². The van der Waals surface area contributed by atoms with Crippen LogP contribution in [0.4, 0.5) is 4.39 Å². The minimum absolute atomic E-state index is 0.311. The smallest absolute Gasteiger partial charge is 0.269 e. The van der Waals surface area contributed by atoms with E-state index in [1.54, 1.807) is 66.3 Å². The number of aromatic nitrogens is 4. The van der Waals surface area contributed by atoms with Crippen molar-refractivity contribution in [1.82, 2.24) is 30.6 Å². The molecule has 0 radical (unpaired) electrons. The highest BCUT2D eigenvalue weighted by Crippen LogP contribution is 2.30. The lowest BCUT2D eigenvalue weighted by Crippen LogP contribution is -2.45. The average molecular weight is 497 g/mol. The van der Waals surface area contributed by atoms with Gasteiger partial charge in [-0.2, -0.15) is 0 Å². The van der Waals surface area contributed by atoms with Crippen LogP contribution >= 0.6 is 23.4 Å². The predicted octanol–water partition coefficient (Wildman–Crippen LogP) is 4.06. The number of halogens is 2. The SMILES string of the molecule is CC(Sc1nnc(-c2ccncc2)n1-c1ccc(F)cc1)C(=O)NNC(=O)c1cccc(Cl)c1. The van der Waals surface area contributed by atoms with Gasteiger partial charge in [0.15, 0.2) is 11.0 Å². The number of pyridine rings is 1. The molecule has 2 N–H and O–H groups in total. The van der Waals surface area contributed by atoms with Crippen LogP contribution in [-0.4, -0.2) is 36.8 Å². The molecule has 0 fully saturated rings. The van der Waals surface area contributed by atoms with E-state index in [1.165, 1.54) is 18.2 Å². The molecule has 0 saturated carbocycles. The molecule has 0 aliphatic rings. The summed E-state index contributed by atoms with van der Waals surface area (Å²) in [4.78, 5) is 28.9. The van der Waals surface area contributed by atoms with Crippen molar-refractivity contribution in [3.8, 4) is 17.1 Å². The van der Waals surface area contributed by atoms with Crippen LogP contribution in [0.25, 0.3) is 17.1 Å². The molecule has 4 aromatic rings. The minimum atomic E-state index is -0.645. The second-order valence-corrected chi connectivity index (χ2v) is 8.81. The number of benzene rings is 2. The monoisotopic (exact) mass is 496 g/mol. The fraction of sp³-hybridized carbons (Fsp3) is 0.0870. The van der Waals surface area contributed by atoms with E-state index >= 15 is 0 Å². The summed E-state index contributed by atoms with van der Waals surface area (Å²) < 4.78 is 15.2. The molecule has 2 aromatic heterocycles. The van der Waals surface area contributed by atoms with Gasteiger partial charge in [0.25, 0.3) is 11.8 Å². The standard InChI is InChI=1S/C23H18ClFN6O2S/c1-14(21(32)28-29-22(33)16-3-2-4-17(24)13-16)34-23-30-27-20(15-9-11-26-12-10-15)31(23)19-7-5-18(25)6-8-19/h2-14H,1H3,(H,28,32)(H,29,33). The van der Waals surface area contributed by atoms with Gasteiger partial charge < -0.3 is 0 Å². The van der Waals surface area contributed by atoms with E-state index in [0.29, 0.717) is 27.3 Å². The van der Waals surface area contributed by atoms with E-state index in [1.807, 2.05) is 0 Å². The molecule has 8 nitrogen and oxygen atoms in total. The topological polar surface area (TPSA) is 102 Å². The predicted molar refractivity (Wildman–Crippen MR) is 127 cm³/mol. The van der Waals surface area contributed by atoms with E-state index in [4.69, 9.17) is 11.6 Å². The Labute approximate surface area is 203 Å². The summed E-state index contributed by atoms with van der Waals surface area (Å²) in [6.07, 6.45) is 3.26. The molecule has 0 aliphatic carbocycles. The number of nitrogens with one attached hydrogen (secondary N) is 2. The van der Waals surface area contributed by atoms with Gasteiger partial charge in [-0.25, -0.2) is 4.39 Å². The van der Waals surface area contributed by atoms with Crippen molar-refractivity contribution in [2.45, 2.75) is 17.3 Å². The van der Waals surface area contributed by atoms with E-state index in [-0.39, 0.29) is 5.82 Å². The molecule has 0 saturated heterocycles. The van der Waals surface area contributed by atoms with Gasteiger partial charge in [-0.15, -0.1) is 10.2 Å². The molecular formula is C23H18ClFN6O2S. The van der Waals surface area contributed by atoms with Gasteiger partial charge in [0.2, 0.25) is 0 Å². The molecule has 34 heavy (non-hydrogen) atoms. The molecule has 0 aliphatic heterocycles. The lowest BCUT2D eigenvalue weighted by atomic mass is 10.2. The van der Waals surface area contributed by atoms with Gasteiger partial charge in [-0.1, -0.05) is 29.4 Å². The first-order valence-electron chi connectivity index (χ1n) is 10.1. The van der Waals surface area contributed by atoms with Gasteiger partial charge in [-0.05, 0) is 61.5 Å². The van der Waals surface area contributed by atoms with Crippen molar-refractivity contribution in [1.29, 1.82) is 0 Å². The molecule has 1 unspecified atom stereocenters. The molecule has 0 bridgehead atoms. The number of rotatable bonds is 6. The molecule has 1 atom stereocenters. The van der Waals surface area contributed by atoms with Crippen molar-refractivity contribution in [3.63, 3.8) is 0 Å². The summed E-state index contributed by atoms with van der Waals surface area (Å²) in [6, 6.07) is 15.8. The Morgan fingerprint density at radius 2 is 1.76 bits per heavy atom. The van der Waals surface area contributed by atoms with Gasteiger partial charge in [0, 0.05) is 34.2 Å². The number of hydrazine groups is 1. The quantitative estimate of drug-likeness (QED) is 0.308. The number of thioether (sulfide) groups is 1. The number of carbonyl (C=O) groups excluding carboxylic acids is 2. The van der Waals surface area contributed by atoms with Crippen molar-refractivity contribution in [2.75, 3.05) is 0 Å². The van der Waals surface area contributed by atoms with Crippen LogP contribution in [0.15, 0.2) is 78.2 Å². The minimum Gasteiger partial charge on any atom is -0.272 e. The molecule has 4 rings (SSSR count). The Bertz CT molecular complexity index is 1320. The summed E-state index contributed by atoms with van der Waals surface area (Å²) in [5, 5.41) is 8.71. The highest BCUT2D eigenvalue weighted by atomic mass is 35.5. The highest BCUT2D eigenvalue weighted by molar-refractivity contribution is 8.00. The Balaban J connectivity index is 1.52. The van der Waals surface area contributed by atoms with Crippen LogP contribution in [-0.2, 0) is 4.79 Å². The van der Waals surface area contributed by atoms with Crippen LogP contribution in [0, 0.1) is 5.82 Å². The zero-order chi connectivity index (χ0) is 24.1. The summed E-state index contributed by atoms with van der Waals surface area (Å²) in [6.45, 7) is 1.67. The molecule has 11 heteroatoms. The Kier molecular flexibility index (Phi) is 7.19. The summed E-state index contributed by atoms with van der Waals surface area (Å²) in [5.74, 6) is -0.806. The third-order valence-corrected chi connectivity index (χ3v) is 5.97. The molecule has 172 valence electrons. The van der Waals surface area contributed by atoms with Crippen LogP contribution < -0.4 is 10.9 Å². The summed E-state index contributed by atoms with van der Waals surface area (Å²) >= 11 is 7.04. The first-order valence-corrected chi connectivity index (χ1v) is 11.3. The van der Waals surface area contributed by atoms with E-state index < -0.39 is 17.1 Å². The van der Waals surface area contributed by atoms with Crippen LogP contribution in [0.1, 0.15) is 17.3 Å². The number of amides is 2. The lowest BCUT2D eigenvalue weighted by Gasteiger charge is -2.14. The zero-order valence-electron chi connectivity index (χ0n) is 17.8. The lowest BCUT2D eigenvalue weighted by molar-refractivity contribution is -0.121. The Hall–Kier alpha value is -3.76. The van der Waals surface area contributed by atoms with Gasteiger partial charge in [0.1, 0.15) is 5.82 Å². The maximum absolute atomic E-state index is 13.5.